The van der Waals surface area contributed by atoms with Gasteiger partial charge in [0.15, 0.2) is 0 Å². The third-order valence-corrected chi connectivity index (χ3v) is 5.35. The Morgan fingerprint density at radius 2 is 1.89 bits per heavy atom. The van der Waals surface area contributed by atoms with Gasteiger partial charge in [0.25, 0.3) is 10.2 Å². The SMILES string of the molecule is CN(Cc1cccc(CN)c1)S(=O)(=O)N1CCCC1. The molecule has 0 bridgehead atoms. The van der Waals surface area contributed by atoms with Crippen LogP contribution in [0.4, 0.5) is 0 Å². The van der Waals surface area contributed by atoms with E-state index < -0.39 is 10.2 Å². The first-order valence-corrected chi connectivity index (χ1v) is 7.93. The molecule has 1 aliphatic heterocycles. The van der Waals surface area contributed by atoms with Gasteiger partial charge in [-0.3, -0.25) is 0 Å². The summed E-state index contributed by atoms with van der Waals surface area (Å²) in [7, 11) is -1.69. The van der Waals surface area contributed by atoms with Crippen LogP contribution in [0.3, 0.4) is 0 Å². The Morgan fingerprint density at radius 3 is 2.53 bits per heavy atom. The summed E-state index contributed by atoms with van der Waals surface area (Å²) >= 11 is 0. The van der Waals surface area contributed by atoms with Gasteiger partial charge in [0.05, 0.1) is 0 Å². The summed E-state index contributed by atoms with van der Waals surface area (Å²) in [5.74, 6) is 0. The van der Waals surface area contributed by atoms with Crippen LogP contribution in [0.15, 0.2) is 24.3 Å². The van der Waals surface area contributed by atoms with Crippen LogP contribution in [0.25, 0.3) is 0 Å². The molecule has 0 spiro atoms. The van der Waals surface area contributed by atoms with E-state index in [1.54, 1.807) is 11.4 Å². The molecule has 0 aromatic heterocycles. The van der Waals surface area contributed by atoms with Gasteiger partial charge in [-0.2, -0.15) is 17.0 Å². The molecule has 0 saturated carbocycles. The second-order valence-electron chi connectivity index (χ2n) is 4.89. The van der Waals surface area contributed by atoms with E-state index in [1.807, 2.05) is 24.3 Å². The fourth-order valence-corrected chi connectivity index (χ4v) is 3.74. The highest BCUT2D eigenvalue weighted by molar-refractivity contribution is 7.86. The number of hydrogen-bond acceptors (Lipinski definition) is 3. The summed E-state index contributed by atoms with van der Waals surface area (Å²) in [6, 6.07) is 7.73. The van der Waals surface area contributed by atoms with E-state index in [0.29, 0.717) is 26.2 Å². The Kier molecular flexibility index (Phi) is 4.57. The minimum atomic E-state index is -3.32. The van der Waals surface area contributed by atoms with Crippen molar-refractivity contribution in [2.75, 3.05) is 20.1 Å². The fraction of sp³-hybridized carbons (Fsp3) is 0.538. The fourth-order valence-electron chi connectivity index (χ4n) is 2.31. The van der Waals surface area contributed by atoms with E-state index >= 15 is 0 Å². The van der Waals surface area contributed by atoms with E-state index in [4.69, 9.17) is 5.73 Å². The first-order valence-electron chi connectivity index (χ1n) is 6.53. The van der Waals surface area contributed by atoms with Crippen LogP contribution in [-0.4, -0.2) is 37.2 Å². The Hall–Kier alpha value is -0.950. The summed E-state index contributed by atoms with van der Waals surface area (Å²) < 4.78 is 27.6. The first-order chi connectivity index (χ1) is 9.04. The lowest BCUT2D eigenvalue weighted by Crippen LogP contribution is -2.39. The van der Waals surface area contributed by atoms with Crippen LogP contribution in [0.5, 0.6) is 0 Å². The molecule has 19 heavy (non-hydrogen) atoms. The number of hydrogen-bond donors (Lipinski definition) is 1. The highest BCUT2D eigenvalue weighted by Gasteiger charge is 2.29. The first kappa shape index (κ1) is 14.5. The van der Waals surface area contributed by atoms with Crippen molar-refractivity contribution in [2.45, 2.75) is 25.9 Å². The molecule has 0 amide bonds. The van der Waals surface area contributed by atoms with Gasteiger partial charge in [-0.05, 0) is 24.0 Å². The average Bonchev–Trinajstić information content (AvgIpc) is 2.93. The third-order valence-electron chi connectivity index (χ3n) is 3.42. The normalized spacial score (nSPS) is 17.2. The van der Waals surface area contributed by atoms with Crippen molar-refractivity contribution in [3.63, 3.8) is 0 Å². The highest BCUT2D eigenvalue weighted by atomic mass is 32.2. The van der Waals surface area contributed by atoms with E-state index in [1.165, 1.54) is 4.31 Å². The highest BCUT2D eigenvalue weighted by Crippen LogP contribution is 2.17. The zero-order valence-corrected chi connectivity index (χ0v) is 12.1. The minimum Gasteiger partial charge on any atom is -0.326 e. The lowest BCUT2D eigenvalue weighted by atomic mass is 10.1. The summed E-state index contributed by atoms with van der Waals surface area (Å²) in [6.45, 7) is 2.12. The largest absolute Gasteiger partial charge is 0.326 e. The number of rotatable bonds is 5. The van der Waals surface area contributed by atoms with Crippen molar-refractivity contribution in [2.24, 2.45) is 5.73 Å². The second-order valence-corrected chi connectivity index (χ2v) is 6.93. The van der Waals surface area contributed by atoms with Crippen LogP contribution < -0.4 is 5.73 Å². The summed E-state index contributed by atoms with van der Waals surface area (Å²) in [5.41, 5.74) is 7.58. The van der Waals surface area contributed by atoms with E-state index in [2.05, 4.69) is 0 Å². The van der Waals surface area contributed by atoms with Crippen molar-refractivity contribution in [1.29, 1.82) is 0 Å². The van der Waals surface area contributed by atoms with Gasteiger partial charge >= 0.3 is 0 Å². The Labute approximate surface area is 115 Å². The van der Waals surface area contributed by atoms with Gasteiger partial charge in [0.2, 0.25) is 0 Å². The van der Waals surface area contributed by atoms with Crippen LogP contribution in [0.1, 0.15) is 24.0 Å². The molecule has 2 rings (SSSR count). The molecule has 0 aliphatic carbocycles. The van der Waals surface area contributed by atoms with Crippen molar-refractivity contribution in [3.8, 4) is 0 Å². The molecule has 0 atom stereocenters. The van der Waals surface area contributed by atoms with Crippen LogP contribution >= 0.6 is 0 Å². The van der Waals surface area contributed by atoms with Crippen molar-refractivity contribution < 1.29 is 8.42 Å². The molecule has 5 nitrogen and oxygen atoms in total. The zero-order chi connectivity index (χ0) is 13.9. The van der Waals surface area contributed by atoms with Crippen molar-refractivity contribution in [3.05, 3.63) is 35.4 Å². The predicted molar refractivity (Wildman–Crippen MR) is 75.5 cm³/mol. The predicted octanol–water partition coefficient (Wildman–Crippen LogP) is 0.918. The van der Waals surface area contributed by atoms with Crippen LogP contribution in [-0.2, 0) is 23.3 Å². The molecule has 1 aliphatic rings. The van der Waals surface area contributed by atoms with E-state index in [-0.39, 0.29) is 0 Å². The molecule has 1 aromatic carbocycles. The van der Waals surface area contributed by atoms with Gasteiger partial charge in [-0.15, -0.1) is 0 Å². The van der Waals surface area contributed by atoms with Crippen molar-refractivity contribution >= 4 is 10.2 Å². The molecule has 6 heteroatoms. The average molecular weight is 283 g/mol. The van der Waals surface area contributed by atoms with Gasteiger partial charge in [-0.25, -0.2) is 0 Å². The number of benzene rings is 1. The van der Waals surface area contributed by atoms with E-state index in [9.17, 15) is 8.42 Å². The summed E-state index contributed by atoms with van der Waals surface area (Å²) in [4.78, 5) is 0. The second kappa shape index (κ2) is 6.00. The van der Waals surface area contributed by atoms with Gasteiger partial charge in [0.1, 0.15) is 0 Å². The Bertz CT molecular complexity index is 524. The molecular weight excluding hydrogens is 262 g/mol. The lowest BCUT2D eigenvalue weighted by molar-refractivity contribution is 0.392. The van der Waals surface area contributed by atoms with Gasteiger partial charge < -0.3 is 5.73 Å². The van der Waals surface area contributed by atoms with Crippen molar-refractivity contribution in [1.82, 2.24) is 8.61 Å². The van der Waals surface area contributed by atoms with Gasteiger partial charge in [0, 0.05) is 33.2 Å². The molecule has 1 aromatic rings. The van der Waals surface area contributed by atoms with Crippen LogP contribution in [0, 0.1) is 0 Å². The Morgan fingerprint density at radius 1 is 1.26 bits per heavy atom. The lowest BCUT2D eigenvalue weighted by Gasteiger charge is -2.23. The maximum Gasteiger partial charge on any atom is 0.282 e. The van der Waals surface area contributed by atoms with Crippen LogP contribution in [0.2, 0.25) is 0 Å². The maximum atomic E-state index is 12.3. The quantitative estimate of drug-likeness (QED) is 0.873. The van der Waals surface area contributed by atoms with E-state index in [0.717, 1.165) is 24.0 Å². The number of nitrogens with two attached hydrogens (primary N) is 1. The molecular formula is C13H21N3O2S. The Balaban J connectivity index is 2.09. The monoisotopic (exact) mass is 283 g/mol. The molecule has 1 fully saturated rings. The standard InChI is InChI=1S/C13H21N3O2S/c1-15(19(17,18)16-7-2-3-8-16)11-13-6-4-5-12(9-13)10-14/h4-6,9H,2-3,7-8,10-11,14H2,1H3. The molecule has 0 radical (unpaired) electrons. The minimum absolute atomic E-state index is 0.382. The zero-order valence-electron chi connectivity index (χ0n) is 11.2. The molecule has 1 saturated heterocycles. The topological polar surface area (TPSA) is 66.6 Å². The smallest absolute Gasteiger partial charge is 0.282 e. The molecule has 106 valence electrons. The third kappa shape index (κ3) is 3.33. The molecule has 1 heterocycles. The number of nitrogens with zero attached hydrogens (tertiary/aromatic N) is 2. The molecule has 2 N–H and O–H groups in total. The summed E-state index contributed by atoms with van der Waals surface area (Å²) in [6.07, 6.45) is 1.91. The van der Waals surface area contributed by atoms with Gasteiger partial charge in [-0.1, -0.05) is 24.3 Å². The maximum absolute atomic E-state index is 12.3. The summed E-state index contributed by atoms with van der Waals surface area (Å²) in [5, 5.41) is 0. The molecule has 0 unspecified atom stereocenters.